The molecule has 2 aromatic rings. The van der Waals surface area contributed by atoms with Crippen LogP contribution in [0.15, 0.2) is 24.3 Å². The van der Waals surface area contributed by atoms with Crippen LogP contribution in [-0.2, 0) is 5.54 Å². The van der Waals surface area contributed by atoms with Crippen molar-refractivity contribution in [3.05, 3.63) is 35.9 Å². The molecule has 1 N–H and O–H groups in total. The number of benzene rings is 1. The molecule has 0 unspecified atom stereocenters. The minimum Gasteiger partial charge on any atom is -0.358 e. The van der Waals surface area contributed by atoms with Gasteiger partial charge < -0.3 is 9.80 Å². The number of piperazine rings is 1. The molecule has 1 atom stereocenters. The summed E-state index contributed by atoms with van der Waals surface area (Å²) in [7, 11) is 0. The fourth-order valence-corrected chi connectivity index (χ4v) is 3.63. The van der Waals surface area contributed by atoms with Crippen molar-refractivity contribution in [2.45, 2.75) is 45.7 Å². The fraction of sp³-hybridized carbons (Fsp3) is 0.611. The van der Waals surface area contributed by atoms with Gasteiger partial charge in [-0.15, -0.1) is 5.10 Å². The van der Waals surface area contributed by atoms with Crippen LogP contribution in [0.4, 0.5) is 10.1 Å². The molecule has 0 radical (unpaired) electrons. The Hall–Kier alpha value is -2.02. The van der Waals surface area contributed by atoms with E-state index in [4.69, 9.17) is 0 Å². The number of nitrogens with one attached hydrogen (secondary N) is 1. The molecule has 1 aliphatic heterocycles. The van der Waals surface area contributed by atoms with E-state index in [2.05, 4.69) is 48.1 Å². The second-order valence-electron chi connectivity index (χ2n) is 7.68. The molecule has 0 spiro atoms. The Bertz CT molecular complexity index is 700. The van der Waals surface area contributed by atoms with Crippen molar-refractivity contribution < 1.29 is 9.29 Å². The third kappa shape index (κ3) is 3.66. The highest BCUT2D eigenvalue weighted by molar-refractivity contribution is 5.47. The molecular formula is C18H28FN6+. The smallest absolute Gasteiger partial charge is 0.209 e. The van der Waals surface area contributed by atoms with E-state index in [9.17, 15) is 4.39 Å². The predicted octanol–water partition coefficient (Wildman–Crippen LogP) is 1.42. The standard InChI is InChI=1S/C18H27FN6/c1-5-15(17-20-21-22-25(17)18(2,3)4)23-10-12-24(13-11-23)16-9-7-6-8-14(16)19/h6-9,15H,5,10-13H2,1-4H3/p+1/t15-/m0/s1. The van der Waals surface area contributed by atoms with Gasteiger partial charge in [0.15, 0.2) is 0 Å². The molecule has 136 valence electrons. The van der Waals surface area contributed by atoms with Crippen LogP contribution in [-0.4, -0.2) is 46.4 Å². The van der Waals surface area contributed by atoms with E-state index in [1.807, 2.05) is 16.8 Å². The molecule has 1 aliphatic rings. The number of nitrogens with zero attached hydrogens (tertiary/aromatic N) is 5. The van der Waals surface area contributed by atoms with Crippen LogP contribution >= 0.6 is 0 Å². The lowest BCUT2D eigenvalue weighted by Gasteiger charge is -2.37. The Morgan fingerprint density at radius 2 is 1.88 bits per heavy atom. The van der Waals surface area contributed by atoms with Gasteiger partial charge in [0.2, 0.25) is 5.82 Å². The number of aromatic nitrogens is 4. The van der Waals surface area contributed by atoms with Crippen molar-refractivity contribution in [3.8, 4) is 0 Å². The first-order chi connectivity index (χ1) is 11.9. The minimum absolute atomic E-state index is 0.138. The number of anilines is 1. The maximum absolute atomic E-state index is 14.0. The lowest BCUT2D eigenvalue weighted by molar-refractivity contribution is -0.933. The van der Waals surface area contributed by atoms with E-state index in [0.29, 0.717) is 5.69 Å². The third-order valence-corrected chi connectivity index (χ3v) is 4.94. The molecule has 7 heteroatoms. The van der Waals surface area contributed by atoms with Crippen LogP contribution in [0.2, 0.25) is 0 Å². The third-order valence-electron chi connectivity index (χ3n) is 4.94. The minimum atomic E-state index is -0.144. The molecule has 1 fully saturated rings. The Labute approximate surface area is 148 Å². The van der Waals surface area contributed by atoms with Crippen molar-refractivity contribution in [3.63, 3.8) is 0 Å². The highest BCUT2D eigenvalue weighted by atomic mass is 19.1. The summed E-state index contributed by atoms with van der Waals surface area (Å²) in [6, 6.07) is 7.28. The van der Waals surface area contributed by atoms with Crippen molar-refractivity contribution in [2.75, 3.05) is 31.1 Å². The molecule has 0 saturated carbocycles. The largest absolute Gasteiger partial charge is 0.358 e. The second-order valence-corrected chi connectivity index (χ2v) is 7.68. The molecule has 1 saturated heterocycles. The molecule has 0 amide bonds. The van der Waals surface area contributed by atoms with Gasteiger partial charge in [-0.2, -0.15) is 0 Å². The number of quaternary nitrogens is 1. The van der Waals surface area contributed by atoms with Crippen LogP contribution in [0.3, 0.4) is 0 Å². The fourth-order valence-electron chi connectivity index (χ4n) is 3.63. The first kappa shape index (κ1) is 17.8. The van der Waals surface area contributed by atoms with E-state index in [0.717, 1.165) is 38.4 Å². The number of hydrogen-bond acceptors (Lipinski definition) is 4. The Morgan fingerprint density at radius 1 is 1.20 bits per heavy atom. The summed E-state index contributed by atoms with van der Waals surface area (Å²) in [6.45, 7) is 12.1. The average molecular weight is 347 g/mol. The van der Waals surface area contributed by atoms with Crippen molar-refractivity contribution in [1.82, 2.24) is 20.2 Å². The van der Waals surface area contributed by atoms with Crippen molar-refractivity contribution >= 4 is 5.69 Å². The lowest BCUT2D eigenvalue weighted by Crippen LogP contribution is -3.15. The van der Waals surface area contributed by atoms with Gasteiger partial charge in [-0.3, -0.25) is 0 Å². The van der Waals surface area contributed by atoms with Gasteiger partial charge in [-0.1, -0.05) is 19.1 Å². The number of para-hydroxylation sites is 1. The van der Waals surface area contributed by atoms with E-state index >= 15 is 0 Å². The second kappa shape index (κ2) is 7.07. The van der Waals surface area contributed by atoms with Gasteiger partial charge in [0, 0.05) is 6.42 Å². The number of rotatable bonds is 4. The zero-order chi connectivity index (χ0) is 18.0. The summed E-state index contributed by atoms with van der Waals surface area (Å²) in [6.07, 6.45) is 0.978. The molecule has 1 aromatic heterocycles. The van der Waals surface area contributed by atoms with Crippen molar-refractivity contribution in [1.29, 1.82) is 0 Å². The normalized spacial score (nSPS) is 17.7. The summed E-state index contributed by atoms with van der Waals surface area (Å²) >= 11 is 0. The van der Waals surface area contributed by atoms with Crippen LogP contribution in [0.5, 0.6) is 0 Å². The highest BCUT2D eigenvalue weighted by Crippen LogP contribution is 2.21. The van der Waals surface area contributed by atoms with Gasteiger partial charge in [0.1, 0.15) is 11.9 Å². The van der Waals surface area contributed by atoms with Gasteiger partial charge in [-0.25, -0.2) is 9.07 Å². The number of hydrogen-bond donors (Lipinski definition) is 1. The first-order valence-electron chi connectivity index (χ1n) is 9.04. The summed E-state index contributed by atoms with van der Waals surface area (Å²) < 4.78 is 16.0. The van der Waals surface area contributed by atoms with Gasteiger partial charge >= 0.3 is 0 Å². The topological polar surface area (TPSA) is 51.3 Å². The van der Waals surface area contributed by atoms with Gasteiger partial charge in [0.25, 0.3) is 0 Å². The van der Waals surface area contributed by atoms with E-state index < -0.39 is 0 Å². The zero-order valence-corrected chi connectivity index (χ0v) is 15.5. The Balaban J connectivity index is 1.73. The Kier molecular flexibility index (Phi) is 5.03. The first-order valence-corrected chi connectivity index (χ1v) is 9.04. The predicted molar refractivity (Wildman–Crippen MR) is 95.2 cm³/mol. The van der Waals surface area contributed by atoms with Crippen LogP contribution in [0.1, 0.15) is 46.0 Å². The summed E-state index contributed by atoms with van der Waals surface area (Å²) in [5.41, 5.74) is 0.565. The average Bonchev–Trinajstić information content (AvgIpc) is 3.07. The van der Waals surface area contributed by atoms with Crippen LogP contribution < -0.4 is 9.80 Å². The van der Waals surface area contributed by atoms with Gasteiger partial charge in [0.05, 0.1) is 37.4 Å². The van der Waals surface area contributed by atoms with Crippen LogP contribution in [0.25, 0.3) is 0 Å². The maximum atomic E-state index is 14.0. The van der Waals surface area contributed by atoms with Gasteiger partial charge in [-0.05, 0) is 43.3 Å². The number of tetrazole rings is 1. The molecule has 0 aliphatic carbocycles. The van der Waals surface area contributed by atoms with Crippen molar-refractivity contribution in [2.24, 2.45) is 0 Å². The van der Waals surface area contributed by atoms with E-state index in [1.54, 1.807) is 6.07 Å². The summed E-state index contributed by atoms with van der Waals surface area (Å²) in [5.74, 6) is 0.805. The maximum Gasteiger partial charge on any atom is 0.209 e. The molecular weight excluding hydrogens is 319 g/mol. The molecule has 0 bridgehead atoms. The lowest BCUT2D eigenvalue weighted by atomic mass is 10.1. The molecule has 2 heterocycles. The highest BCUT2D eigenvalue weighted by Gasteiger charge is 2.34. The summed E-state index contributed by atoms with van der Waals surface area (Å²) in [4.78, 5) is 3.61. The van der Waals surface area contributed by atoms with E-state index in [-0.39, 0.29) is 17.4 Å². The SMILES string of the molecule is CC[C@@H](c1nnnn1C(C)(C)C)[NH+]1CCN(c2ccccc2F)CC1. The molecule has 25 heavy (non-hydrogen) atoms. The number of halogens is 1. The quantitative estimate of drug-likeness (QED) is 0.909. The Morgan fingerprint density at radius 3 is 2.48 bits per heavy atom. The van der Waals surface area contributed by atoms with E-state index in [1.165, 1.54) is 11.0 Å². The summed E-state index contributed by atoms with van der Waals surface area (Å²) in [5, 5.41) is 12.5. The zero-order valence-electron chi connectivity index (χ0n) is 15.5. The molecule has 1 aromatic carbocycles. The molecule has 6 nitrogen and oxygen atoms in total. The monoisotopic (exact) mass is 347 g/mol. The molecule has 3 rings (SSSR count). The van der Waals surface area contributed by atoms with Crippen LogP contribution in [0, 0.1) is 5.82 Å².